The highest BCUT2D eigenvalue weighted by Gasteiger charge is 2.53. The van der Waals surface area contributed by atoms with Gasteiger partial charge in [0.25, 0.3) is 0 Å². The first-order valence-electron chi connectivity index (χ1n) is 9.82. The van der Waals surface area contributed by atoms with Crippen LogP contribution in [0.5, 0.6) is 0 Å². The lowest BCUT2D eigenvalue weighted by molar-refractivity contribution is 0.00578. The summed E-state index contributed by atoms with van der Waals surface area (Å²) >= 11 is 0. The maximum absolute atomic E-state index is 12.3. The van der Waals surface area contributed by atoms with E-state index in [4.69, 9.17) is 9.31 Å². The highest BCUT2D eigenvalue weighted by atomic mass is 32.2. The van der Waals surface area contributed by atoms with Crippen LogP contribution in [0.2, 0.25) is 0 Å². The van der Waals surface area contributed by atoms with Gasteiger partial charge in [-0.25, -0.2) is 8.42 Å². The Morgan fingerprint density at radius 2 is 1.63 bits per heavy atom. The molecule has 0 saturated carbocycles. The van der Waals surface area contributed by atoms with E-state index in [2.05, 4.69) is 0 Å². The molecular weight excluding hydrogens is 363 g/mol. The number of aliphatic hydroxyl groups is 1. The molecule has 27 heavy (non-hydrogen) atoms. The van der Waals surface area contributed by atoms with Crippen LogP contribution in [0.25, 0.3) is 0 Å². The maximum Gasteiger partial charge on any atom is 0.494 e. The summed E-state index contributed by atoms with van der Waals surface area (Å²) in [6.07, 6.45) is 2.51. The molecule has 3 heterocycles. The zero-order valence-corrected chi connectivity index (χ0v) is 17.4. The summed E-state index contributed by atoms with van der Waals surface area (Å²) < 4.78 is 36.9. The van der Waals surface area contributed by atoms with Gasteiger partial charge in [-0.1, -0.05) is 24.3 Å². The quantitative estimate of drug-likeness (QED) is 0.797. The normalized spacial score (nSPS) is 36.1. The molecule has 2 bridgehead atoms. The fourth-order valence-corrected chi connectivity index (χ4v) is 7.25. The molecule has 2 unspecified atom stereocenters. The van der Waals surface area contributed by atoms with Crippen LogP contribution in [0.15, 0.2) is 24.3 Å². The van der Waals surface area contributed by atoms with Gasteiger partial charge in [0.1, 0.15) is 0 Å². The zero-order valence-electron chi connectivity index (χ0n) is 16.6. The van der Waals surface area contributed by atoms with Crippen molar-refractivity contribution in [3.63, 3.8) is 0 Å². The van der Waals surface area contributed by atoms with E-state index >= 15 is 0 Å². The van der Waals surface area contributed by atoms with Gasteiger partial charge in [-0.2, -0.15) is 0 Å². The monoisotopic (exact) mass is 392 g/mol. The van der Waals surface area contributed by atoms with E-state index in [1.165, 1.54) is 0 Å². The third-order valence-corrected chi connectivity index (χ3v) is 9.63. The fraction of sp³-hybridized carbons (Fsp3) is 0.700. The van der Waals surface area contributed by atoms with Gasteiger partial charge in [0, 0.05) is 6.42 Å². The third kappa shape index (κ3) is 3.26. The molecule has 1 aromatic carbocycles. The highest BCUT2D eigenvalue weighted by molar-refractivity contribution is 7.93. The molecule has 0 amide bonds. The van der Waals surface area contributed by atoms with E-state index in [1.807, 2.05) is 52.0 Å². The predicted molar refractivity (Wildman–Crippen MR) is 106 cm³/mol. The molecule has 1 N–H and O–H groups in total. The molecule has 0 radical (unpaired) electrons. The Bertz CT molecular complexity index is 812. The molecule has 5 nitrogen and oxygen atoms in total. The number of rotatable bonds is 3. The molecule has 7 heteroatoms. The fourth-order valence-electron chi connectivity index (χ4n) is 4.69. The van der Waals surface area contributed by atoms with E-state index in [0.717, 1.165) is 11.0 Å². The molecule has 4 rings (SSSR count). The van der Waals surface area contributed by atoms with Crippen LogP contribution >= 0.6 is 0 Å². The summed E-state index contributed by atoms with van der Waals surface area (Å²) in [5.74, 6) is 0. The molecule has 148 valence electrons. The Hall–Kier alpha value is -0.885. The summed E-state index contributed by atoms with van der Waals surface area (Å²) in [4.78, 5) is 0. The zero-order chi connectivity index (χ0) is 19.7. The SMILES string of the molecule is CC1(C)OB(c2cccc(CC3(O)CC4CCC(C3)S4(=O)=O)c2)OC1(C)C. The van der Waals surface area contributed by atoms with Gasteiger partial charge < -0.3 is 14.4 Å². The van der Waals surface area contributed by atoms with Crippen LogP contribution in [0.3, 0.4) is 0 Å². The van der Waals surface area contributed by atoms with Gasteiger partial charge in [0.15, 0.2) is 9.84 Å². The minimum atomic E-state index is -3.04. The second kappa shape index (κ2) is 6.05. The number of hydrogen-bond donors (Lipinski definition) is 1. The van der Waals surface area contributed by atoms with Gasteiger partial charge >= 0.3 is 7.12 Å². The second-order valence-electron chi connectivity index (χ2n) is 9.55. The van der Waals surface area contributed by atoms with E-state index in [9.17, 15) is 13.5 Å². The Labute approximate surface area is 162 Å². The van der Waals surface area contributed by atoms with Crippen LogP contribution in [0.4, 0.5) is 0 Å². The molecule has 2 atom stereocenters. The smallest absolute Gasteiger partial charge is 0.399 e. The molecule has 3 saturated heterocycles. The number of benzene rings is 1. The summed E-state index contributed by atoms with van der Waals surface area (Å²) in [7, 11) is -3.48. The van der Waals surface area contributed by atoms with Crippen molar-refractivity contribution in [2.75, 3.05) is 0 Å². The molecule has 3 aliphatic rings. The average molecular weight is 392 g/mol. The first kappa shape index (κ1) is 19.4. The van der Waals surface area contributed by atoms with Crippen LogP contribution in [-0.2, 0) is 25.6 Å². The molecule has 0 aromatic heterocycles. The predicted octanol–water partition coefficient (Wildman–Crippen LogP) is 2.00. The lowest BCUT2D eigenvalue weighted by atomic mass is 9.77. The Kier molecular flexibility index (Phi) is 4.36. The minimum Gasteiger partial charge on any atom is -0.399 e. The van der Waals surface area contributed by atoms with Crippen molar-refractivity contribution in [3.05, 3.63) is 29.8 Å². The van der Waals surface area contributed by atoms with Gasteiger partial charge in [-0.3, -0.25) is 0 Å². The third-order valence-electron chi connectivity index (χ3n) is 6.96. The van der Waals surface area contributed by atoms with E-state index in [1.54, 1.807) is 0 Å². The maximum atomic E-state index is 12.3. The standard InChI is InChI=1S/C20H29BO5S/c1-18(2)19(3,4)26-21(25-18)15-7-5-6-14(10-15)11-20(22)12-16-8-9-17(13-20)27(16,23)24/h5-7,10,16-17,22H,8-9,11-13H2,1-4H3. The first-order valence-corrected chi connectivity index (χ1v) is 11.4. The second-order valence-corrected chi connectivity index (χ2v) is 12.1. The average Bonchev–Trinajstić information content (AvgIpc) is 2.84. The first-order chi connectivity index (χ1) is 12.4. The van der Waals surface area contributed by atoms with Gasteiger partial charge in [-0.05, 0) is 64.4 Å². The Morgan fingerprint density at radius 3 is 2.19 bits per heavy atom. The topological polar surface area (TPSA) is 72.8 Å². The number of fused-ring (bicyclic) bond motifs is 2. The number of hydrogen-bond acceptors (Lipinski definition) is 5. The molecule has 0 aliphatic carbocycles. The lowest BCUT2D eigenvalue weighted by Gasteiger charge is -2.36. The van der Waals surface area contributed by atoms with Crippen molar-refractivity contribution < 1.29 is 22.8 Å². The van der Waals surface area contributed by atoms with E-state index in [-0.39, 0.29) is 10.5 Å². The van der Waals surface area contributed by atoms with Gasteiger partial charge in [0.05, 0.1) is 27.3 Å². The van der Waals surface area contributed by atoms with Crippen LogP contribution in [0, 0.1) is 0 Å². The molecule has 1 aromatic rings. The van der Waals surface area contributed by atoms with Crippen molar-refractivity contribution in [2.45, 2.75) is 87.1 Å². The van der Waals surface area contributed by atoms with Crippen LogP contribution in [0.1, 0.15) is 58.9 Å². The van der Waals surface area contributed by atoms with Crippen LogP contribution < -0.4 is 5.46 Å². The molecular formula is C20H29BO5S. The number of sulfone groups is 1. The Balaban J connectivity index is 1.53. The lowest BCUT2D eigenvalue weighted by Crippen LogP contribution is -2.46. The summed E-state index contributed by atoms with van der Waals surface area (Å²) in [5, 5.41) is 10.4. The van der Waals surface area contributed by atoms with E-state index < -0.39 is 33.8 Å². The molecule has 3 aliphatic heterocycles. The largest absolute Gasteiger partial charge is 0.494 e. The highest BCUT2D eigenvalue weighted by Crippen LogP contribution is 2.44. The van der Waals surface area contributed by atoms with Crippen molar-refractivity contribution in [1.82, 2.24) is 0 Å². The van der Waals surface area contributed by atoms with Crippen molar-refractivity contribution >= 4 is 22.4 Å². The van der Waals surface area contributed by atoms with E-state index in [0.29, 0.717) is 32.1 Å². The molecule has 0 spiro atoms. The van der Waals surface area contributed by atoms with Crippen molar-refractivity contribution in [2.24, 2.45) is 0 Å². The van der Waals surface area contributed by atoms with Gasteiger partial charge in [0.2, 0.25) is 0 Å². The van der Waals surface area contributed by atoms with Gasteiger partial charge in [-0.15, -0.1) is 0 Å². The van der Waals surface area contributed by atoms with Crippen molar-refractivity contribution in [3.8, 4) is 0 Å². The van der Waals surface area contributed by atoms with Crippen molar-refractivity contribution in [1.29, 1.82) is 0 Å². The summed E-state index contributed by atoms with van der Waals surface area (Å²) in [5.41, 5.74) is 0.168. The Morgan fingerprint density at radius 1 is 1.07 bits per heavy atom. The minimum absolute atomic E-state index is 0.340. The molecule has 3 fully saturated rings. The summed E-state index contributed by atoms with van der Waals surface area (Å²) in [6, 6.07) is 7.93. The summed E-state index contributed by atoms with van der Waals surface area (Å²) in [6.45, 7) is 8.10. The van der Waals surface area contributed by atoms with Crippen LogP contribution in [-0.4, -0.2) is 47.9 Å².